The van der Waals surface area contributed by atoms with E-state index in [9.17, 15) is 14.4 Å². The summed E-state index contributed by atoms with van der Waals surface area (Å²) in [6.07, 6.45) is 0.594. The fourth-order valence-corrected chi connectivity index (χ4v) is 1.64. The van der Waals surface area contributed by atoms with E-state index >= 15 is 0 Å². The third-order valence-electron chi connectivity index (χ3n) is 2.40. The second-order valence-electron chi connectivity index (χ2n) is 5.09. The summed E-state index contributed by atoms with van der Waals surface area (Å²) in [5.74, 6) is -1.18. The molecule has 0 aromatic carbocycles. The largest absolute Gasteiger partial charge is 0.481 e. The monoisotopic (exact) mass is 273 g/mol. The molecule has 0 aromatic rings. The van der Waals surface area contributed by atoms with Gasteiger partial charge in [0, 0.05) is 6.42 Å². The standard InChI is InChI=1S/C13H23NO5/c1-9(2)6-10(3)8-19-13(18)7-14-11(15)4-5-12(16)17/h9-10H,4-8H2,1-3H3,(H,14,15)(H,16,17). The summed E-state index contributed by atoms with van der Waals surface area (Å²) in [7, 11) is 0. The summed E-state index contributed by atoms with van der Waals surface area (Å²) >= 11 is 0. The van der Waals surface area contributed by atoms with Gasteiger partial charge in [-0.1, -0.05) is 20.8 Å². The van der Waals surface area contributed by atoms with E-state index in [4.69, 9.17) is 9.84 Å². The van der Waals surface area contributed by atoms with Crippen molar-refractivity contribution in [2.45, 2.75) is 40.0 Å². The van der Waals surface area contributed by atoms with Crippen LogP contribution in [0.3, 0.4) is 0 Å². The summed E-state index contributed by atoms with van der Waals surface area (Å²) < 4.78 is 5.01. The van der Waals surface area contributed by atoms with Crippen LogP contribution in [-0.4, -0.2) is 36.1 Å². The first kappa shape index (κ1) is 17.4. The summed E-state index contributed by atoms with van der Waals surface area (Å²) in [6, 6.07) is 0. The van der Waals surface area contributed by atoms with Crippen LogP contribution in [0.4, 0.5) is 0 Å². The Hall–Kier alpha value is -1.59. The minimum absolute atomic E-state index is 0.133. The Labute approximate surface area is 113 Å². The lowest BCUT2D eigenvalue weighted by Gasteiger charge is -2.14. The third kappa shape index (κ3) is 11.2. The molecule has 1 atom stereocenters. The number of carboxylic acid groups (broad SMARTS) is 1. The molecule has 110 valence electrons. The van der Waals surface area contributed by atoms with E-state index in [-0.39, 0.29) is 25.3 Å². The van der Waals surface area contributed by atoms with Crippen LogP contribution >= 0.6 is 0 Å². The van der Waals surface area contributed by atoms with Crippen LogP contribution < -0.4 is 5.32 Å². The number of carboxylic acids is 1. The SMILES string of the molecule is CC(C)CC(C)COC(=O)CNC(=O)CCC(=O)O. The smallest absolute Gasteiger partial charge is 0.325 e. The fraction of sp³-hybridized carbons (Fsp3) is 0.769. The van der Waals surface area contributed by atoms with E-state index < -0.39 is 17.8 Å². The van der Waals surface area contributed by atoms with Gasteiger partial charge in [0.05, 0.1) is 13.0 Å². The van der Waals surface area contributed by atoms with E-state index in [1.165, 1.54) is 0 Å². The molecule has 0 radical (unpaired) electrons. The van der Waals surface area contributed by atoms with Gasteiger partial charge in [-0.05, 0) is 18.3 Å². The zero-order valence-corrected chi connectivity index (χ0v) is 11.8. The lowest BCUT2D eigenvalue weighted by atomic mass is 10.00. The Morgan fingerprint density at radius 2 is 1.79 bits per heavy atom. The van der Waals surface area contributed by atoms with Gasteiger partial charge in [0.15, 0.2) is 0 Å². The van der Waals surface area contributed by atoms with E-state index in [2.05, 4.69) is 19.2 Å². The quantitative estimate of drug-likeness (QED) is 0.616. The van der Waals surface area contributed by atoms with E-state index in [0.29, 0.717) is 12.5 Å². The summed E-state index contributed by atoms with van der Waals surface area (Å²) in [5, 5.41) is 10.7. The van der Waals surface area contributed by atoms with Gasteiger partial charge < -0.3 is 15.2 Å². The molecule has 0 fully saturated rings. The van der Waals surface area contributed by atoms with Crippen LogP contribution in [-0.2, 0) is 19.1 Å². The average molecular weight is 273 g/mol. The highest BCUT2D eigenvalue weighted by Crippen LogP contribution is 2.10. The lowest BCUT2D eigenvalue weighted by molar-refractivity contribution is -0.145. The maximum absolute atomic E-state index is 11.3. The zero-order chi connectivity index (χ0) is 14.8. The molecular formula is C13H23NO5. The molecule has 0 aliphatic rings. The van der Waals surface area contributed by atoms with Crippen molar-refractivity contribution in [2.75, 3.05) is 13.2 Å². The van der Waals surface area contributed by atoms with Crippen molar-refractivity contribution in [1.29, 1.82) is 0 Å². The Balaban J connectivity index is 3.69. The van der Waals surface area contributed by atoms with Crippen LogP contribution in [0.5, 0.6) is 0 Å². The van der Waals surface area contributed by atoms with Crippen molar-refractivity contribution >= 4 is 17.8 Å². The normalized spacial score (nSPS) is 12.0. The molecule has 0 aliphatic heterocycles. The first-order chi connectivity index (χ1) is 8.81. The van der Waals surface area contributed by atoms with Crippen molar-refractivity contribution in [3.63, 3.8) is 0 Å². The van der Waals surface area contributed by atoms with E-state index in [1.54, 1.807) is 0 Å². The van der Waals surface area contributed by atoms with Crippen LogP contribution in [0.25, 0.3) is 0 Å². The molecular weight excluding hydrogens is 250 g/mol. The maximum Gasteiger partial charge on any atom is 0.325 e. The third-order valence-corrected chi connectivity index (χ3v) is 2.40. The number of ether oxygens (including phenoxy) is 1. The summed E-state index contributed by atoms with van der Waals surface area (Å²) in [5.41, 5.74) is 0. The minimum Gasteiger partial charge on any atom is -0.481 e. The van der Waals surface area contributed by atoms with Crippen molar-refractivity contribution in [3.8, 4) is 0 Å². The van der Waals surface area contributed by atoms with Gasteiger partial charge in [-0.25, -0.2) is 0 Å². The van der Waals surface area contributed by atoms with Crippen molar-refractivity contribution in [3.05, 3.63) is 0 Å². The maximum atomic E-state index is 11.3. The number of carbonyl (C=O) groups is 3. The number of esters is 1. The number of aliphatic carboxylic acids is 1. The van der Waals surface area contributed by atoms with Crippen LogP contribution in [0.2, 0.25) is 0 Å². The first-order valence-corrected chi connectivity index (χ1v) is 6.45. The molecule has 6 heteroatoms. The van der Waals surface area contributed by atoms with Crippen molar-refractivity contribution in [1.82, 2.24) is 5.32 Å². The zero-order valence-electron chi connectivity index (χ0n) is 11.8. The molecule has 0 saturated carbocycles. The molecule has 0 aromatic heterocycles. The number of amides is 1. The Bertz CT molecular complexity index is 314. The predicted octanol–water partition coefficient (Wildman–Crippen LogP) is 1.19. The van der Waals surface area contributed by atoms with Crippen LogP contribution in [0, 0.1) is 11.8 Å². The number of hydrogen-bond acceptors (Lipinski definition) is 4. The highest BCUT2D eigenvalue weighted by atomic mass is 16.5. The molecule has 0 rings (SSSR count). The Morgan fingerprint density at radius 3 is 2.32 bits per heavy atom. The van der Waals surface area contributed by atoms with Gasteiger partial charge in [-0.15, -0.1) is 0 Å². The molecule has 1 amide bonds. The number of hydrogen-bond donors (Lipinski definition) is 2. The topological polar surface area (TPSA) is 92.7 Å². The summed E-state index contributed by atoms with van der Waals surface area (Å²) in [6.45, 7) is 6.32. The fourth-order valence-electron chi connectivity index (χ4n) is 1.64. The van der Waals surface area contributed by atoms with E-state index in [0.717, 1.165) is 6.42 Å². The highest BCUT2D eigenvalue weighted by Gasteiger charge is 2.11. The first-order valence-electron chi connectivity index (χ1n) is 6.45. The van der Waals surface area contributed by atoms with Gasteiger partial charge in [-0.2, -0.15) is 0 Å². The molecule has 1 unspecified atom stereocenters. The van der Waals surface area contributed by atoms with Gasteiger partial charge in [-0.3, -0.25) is 14.4 Å². The van der Waals surface area contributed by atoms with Crippen molar-refractivity contribution in [2.24, 2.45) is 11.8 Å². The van der Waals surface area contributed by atoms with Crippen LogP contribution in [0.15, 0.2) is 0 Å². The molecule has 0 saturated heterocycles. The second-order valence-corrected chi connectivity index (χ2v) is 5.09. The lowest BCUT2D eigenvalue weighted by Crippen LogP contribution is -2.31. The Kier molecular flexibility index (Phi) is 8.57. The van der Waals surface area contributed by atoms with E-state index in [1.807, 2.05) is 6.92 Å². The average Bonchev–Trinajstić information content (AvgIpc) is 2.30. The highest BCUT2D eigenvalue weighted by molar-refractivity contribution is 5.84. The van der Waals surface area contributed by atoms with Gasteiger partial charge in [0.1, 0.15) is 6.54 Å². The van der Waals surface area contributed by atoms with Gasteiger partial charge in [0.25, 0.3) is 0 Å². The molecule has 19 heavy (non-hydrogen) atoms. The van der Waals surface area contributed by atoms with Crippen molar-refractivity contribution < 1.29 is 24.2 Å². The molecule has 0 aliphatic carbocycles. The minimum atomic E-state index is -1.04. The molecule has 0 bridgehead atoms. The molecule has 6 nitrogen and oxygen atoms in total. The number of nitrogens with one attached hydrogen (secondary N) is 1. The van der Waals surface area contributed by atoms with Gasteiger partial charge >= 0.3 is 11.9 Å². The van der Waals surface area contributed by atoms with Crippen LogP contribution in [0.1, 0.15) is 40.0 Å². The number of carbonyl (C=O) groups excluding carboxylic acids is 2. The summed E-state index contributed by atoms with van der Waals surface area (Å²) in [4.78, 5) is 32.7. The number of rotatable bonds is 9. The second kappa shape index (κ2) is 9.35. The molecule has 0 heterocycles. The Morgan fingerprint density at radius 1 is 1.16 bits per heavy atom. The molecule has 0 spiro atoms. The molecule has 2 N–H and O–H groups in total. The predicted molar refractivity (Wildman–Crippen MR) is 69.5 cm³/mol. The van der Waals surface area contributed by atoms with Gasteiger partial charge in [0.2, 0.25) is 5.91 Å².